The Balaban J connectivity index is 1.68. The zero-order chi connectivity index (χ0) is 14.8. The average Bonchev–Trinajstić information content (AvgIpc) is 2.86. The van der Waals surface area contributed by atoms with E-state index in [1.54, 1.807) is 0 Å². The van der Waals surface area contributed by atoms with Crippen molar-refractivity contribution in [1.29, 1.82) is 0 Å². The molecule has 21 heavy (non-hydrogen) atoms. The highest BCUT2D eigenvalue weighted by Crippen LogP contribution is 2.33. The Morgan fingerprint density at radius 3 is 2.76 bits per heavy atom. The van der Waals surface area contributed by atoms with Gasteiger partial charge in [-0.05, 0) is 42.3 Å². The van der Waals surface area contributed by atoms with Gasteiger partial charge in [-0.15, -0.1) is 0 Å². The molecule has 0 atom stereocenters. The number of fused-ring (bicyclic) bond motifs is 1. The number of benzene rings is 2. The van der Waals surface area contributed by atoms with E-state index in [4.69, 9.17) is 5.73 Å². The van der Waals surface area contributed by atoms with E-state index in [9.17, 15) is 4.79 Å². The van der Waals surface area contributed by atoms with Crippen LogP contribution < -0.4 is 16.0 Å². The minimum Gasteiger partial charge on any atom is -0.397 e. The van der Waals surface area contributed by atoms with Gasteiger partial charge in [-0.1, -0.05) is 28.1 Å². The van der Waals surface area contributed by atoms with Crippen molar-refractivity contribution in [3.05, 3.63) is 52.5 Å². The minimum absolute atomic E-state index is 0.0339. The normalized spacial score (nSPS) is 13.1. The molecule has 1 aliphatic heterocycles. The molecular formula is C16H16BrN3O. The number of amides is 1. The topological polar surface area (TPSA) is 58.4 Å². The molecule has 0 aliphatic carbocycles. The molecule has 0 saturated carbocycles. The van der Waals surface area contributed by atoms with Gasteiger partial charge < -0.3 is 16.0 Å². The molecule has 5 heteroatoms. The van der Waals surface area contributed by atoms with Gasteiger partial charge in [0.05, 0.1) is 17.9 Å². The zero-order valence-corrected chi connectivity index (χ0v) is 13.1. The lowest BCUT2D eigenvalue weighted by atomic mass is 10.1. The Labute approximate surface area is 132 Å². The van der Waals surface area contributed by atoms with E-state index in [0.717, 1.165) is 34.5 Å². The molecular weight excluding hydrogens is 330 g/mol. The molecule has 4 nitrogen and oxygen atoms in total. The summed E-state index contributed by atoms with van der Waals surface area (Å²) < 4.78 is 0.988. The molecule has 0 bridgehead atoms. The molecule has 0 fully saturated rings. The molecule has 1 aliphatic rings. The van der Waals surface area contributed by atoms with Gasteiger partial charge in [0.15, 0.2) is 0 Å². The second kappa shape index (κ2) is 5.77. The van der Waals surface area contributed by atoms with Crippen molar-refractivity contribution in [3.8, 4) is 0 Å². The predicted octanol–water partition coefficient (Wildman–Crippen LogP) is 3.03. The zero-order valence-electron chi connectivity index (χ0n) is 11.5. The van der Waals surface area contributed by atoms with Crippen molar-refractivity contribution in [2.45, 2.75) is 6.42 Å². The van der Waals surface area contributed by atoms with Crippen molar-refractivity contribution in [3.63, 3.8) is 0 Å². The van der Waals surface area contributed by atoms with Crippen LogP contribution in [0.25, 0.3) is 0 Å². The molecule has 3 rings (SSSR count). The molecule has 2 aromatic rings. The van der Waals surface area contributed by atoms with Crippen LogP contribution in [0.4, 0.5) is 17.1 Å². The van der Waals surface area contributed by atoms with Gasteiger partial charge in [0, 0.05) is 16.7 Å². The van der Waals surface area contributed by atoms with E-state index >= 15 is 0 Å². The van der Waals surface area contributed by atoms with Crippen LogP contribution in [-0.2, 0) is 11.2 Å². The van der Waals surface area contributed by atoms with Crippen LogP contribution in [0.5, 0.6) is 0 Å². The average molecular weight is 346 g/mol. The number of anilines is 3. The van der Waals surface area contributed by atoms with E-state index in [0.29, 0.717) is 6.54 Å². The fraction of sp³-hybridized carbons (Fsp3) is 0.188. The Morgan fingerprint density at radius 2 is 2.00 bits per heavy atom. The quantitative estimate of drug-likeness (QED) is 0.840. The number of hydrogen-bond acceptors (Lipinski definition) is 3. The summed E-state index contributed by atoms with van der Waals surface area (Å²) in [5, 5.41) is 2.90. The van der Waals surface area contributed by atoms with Crippen LogP contribution in [0.2, 0.25) is 0 Å². The number of rotatable bonds is 3. The lowest BCUT2D eigenvalue weighted by molar-refractivity contribution is -0.114. The Morgan fingerprint density at radius 1 is 1.24 bits per heavy atom. The van der Waals surface area contributed by atoms with Crippen molar-refractivity contribution in [1.82, 2.24) is 0 Å². The highest BCUT2D eigenvalue weighted by molar-refractivity contribution is 9.10. The lowest BCUT2D eigenvalue weighted by Crippen LogP contribution is -2.32. The fourth-order valence-corrected chi connectivity index (χ4v) is 2.90. The first kappa shape index (κ1) is 13.9. The van der Waals surface area contributed by atoms with Crippen LogP contribution >= 0.6 is 15.9 Å². The minimum atomic E-state index is -0.0339. The van der Waals surface area contributed by atoms with Crippen molar-refractivity contribution in [2.24, 2.45) is 0 Å². The van der Waals surface area contributed by atoms with E-state index in [1.165, 1.54) is 5.56 Å². The maximum absolute atomic E-state index is 12.2. The number of nitrogens with zero attached hydrogens (tertiary/aromatic N) is 1. The van der Waals surface area contributed by atoms with Gasteiger partial charge in [0.1, 0.15) is 0 Å². The Kier molecular flexibility index (Phi) is 3.84. The van der Waals surface area contributed by atoms with Gasteiger partial charge in [0.2, 0.25) is 5.91 Å². The maximum Gasteiger partial charge on any atom is 0.243 e. The van der Waals surface area contributed by atoms with Crippen LogP contribution in [0, 0.1) is 0 Å². The summed E-state index contributed by atoms with van der Waals surface area (Å²) in [6.45, 7) is 1.15. The number of carbonyl (C=O) groups is 1. The second-order valence-corrected chi connectivity index (χ2v) is 6.00. The van der Waals surface area contributed by atoms with E-state index in [-0.39, 0.29) is 5.91 Å². The first-order valence-electron chi connectivity index (χ1n) is 6.81. The van der Waals surface area contributed by atoms with Gasteiger partial charge in [-0.25, -0.2) is 0 Å². The van der Waals surface area contributed by atoms with E-state index < -0.39 is 0 Å². The monoisotopic (exact) mass is 345 g/mol. The fourth-order valence-electron chi connectivity index (χ4n) is 2.63. The predicted molar refractivity (Wildman–Crippen MR) is 89.5 cm³/mol. The van der Waals surface area contributed by atoms with Crippen LogP contribution in [0.3, 0.4) is 0 Å². The summed E-state index contributed by atoms with van der Waals surface area (Å²) in [6.07, 6.45) is 0.936. The smallest absolute Gasteiger partial charge is 0.243 e. The standard InChI is InChI=1S/C16H16BrN3O/c17-12-4-6-13(7-5-12)19-15(21)10-20-9-8-11-2-1-3-14(18)16(11)20/h1-7H,8-10,18H2,(H,19,21). The molecule has 3 N–H and O–H groups in total. The van der Waals surface area contributed by atoms with Gasteiger partial charge >= 0.3 is 0 Å². The molecule has 0 unspecified atom stereocenters. The van der Waals surface area contributed by atoms with Gasteiger partial charge in [-0.3, -0.25) is 4.79 Å². The molecule has 1 amide bonds. The number of hydrogen-bond donors (Lipinski definition) is 2. The molecule has 0 aromatic heterocycles. The number of para-hydroxylation sites is 1. The maximum atomic E-state index is 12.2. The largest absolute Gasteiger partial charge is 0.397 e. The number of halogens is 1. The van der Waals surface area contributed by atoms with Crippen LogP contribution in [-0.4, -0.2) is 19.0 Å². The first-order valence-corrected chi connectivity index (χ1v) is 7.60. The van der Waals surface area contributed by atoms with E-state index in [2.05, 4.69) is 27.3 Å². The second-order valence-electron chi connectivity index (χ2n) is 5.08. The third-order valence-corrected chi connectivity index (χ3v) is 4.11. The van der Waals surface area contributed by atoms with E-state index in [1.807, 2.05) is 41.3 Å². The summed E-state index contributed by atoms with van der Waals surface area (Å²) in [7, 11) is 0. The first-order chi connectivity index (χ1) is 10.1. The van der Waals surface area contributed by atoms with Crippen LogP contribution in [0.15, 0.2) is 46.9 Å². The molecule has 0 spiro atoms. The number of nitrogen functional groups attached to an aromatic ring is 1. The Hall–Kier alpha value is -2.01. The Bertz CT molecular complexity index is 670. The third-order valence-electron chi connectivity index (χ3n) is 3.58. The molecule has 0 saturated heterocycles. The molecule has 1 heterocycles. The molecule has 0 radical (unpaired) electrons. The van der Waals surface area contributed by atoms with Crippen molar-refractivity contribution < 1.29 is 4.79 Å². The van der Waals surface area contributed by atoms with Gasteiger partial charge in [0.25, 0.3) is 0 Å². The SMILES string of the molecule is Nc1cccc2c1N(CC(=O)Nc1ccc(Br)cc1)CC2. The van der Waals surface area contributed by atoms with Crippen LogP contribution in [0.1, 0.15) is 5.56 Å². The van der Waals surface area contributed by atoms with Crippen molar-refractivity contribution >= 4 is 38.9 Å². The number of nitrogens with one attached hydrogen (secondary N) is 1. The summed E-state index contributed by atoms with van der Waals surface area (Å²) in [5.74, 6) is -0.0339. The van der Waals surface area contributed by atoms with Crippen molar-refractivity contribution in [2.75, 3.05) is 29.0 Å². The van der Waals surface area contributed by atoms with Gasteiger partial charge in [-0.2, -0.15) is 0 Å². The highest BCUT2D eigenvalue weighted by atomic mass is 79.9. The molecule has 2 aromatic carbocycles. The summed E-state index contributed by atoms with van der Waals surface area (Å²) in [4.78, 5) is 14.2. The summed E-state index contributed by atoms with van der Waals surface area (Å²) >= 11 is 3.37. The number of carbonyl (C=O) groups excluding carboxylic acids is 1. The molecule has 108 valence electrons. The highest BCUT2D eigenvalue weighted by Gasteiger charge is 2.23. The number of nitrogens with two attached hydrogens (primary N) is 1. The lowest BCUT2D eigenvalue weighted by Gasteiger charge is -2.20. The summed E-state index contributed by atoms with van der Waals surface area (Å²) in [6, 6.07) is 13.4. The third kappa shape index (κ3) is 3.03. The summed E-state index contributed by atoms with van der Waals surface area (Å²) in [5.41, 5.74) is 9.78.